The van der Waals surface area contributed by atoms with Crippen molar-refractivity contribution in [2.75, 3.05) is 45.4 Å². The summed E-state index contributed by atoms with van der Waals surface area (Å²) >= 11 is 18.6. The Morgan fingerprint density at radius 2 is 1.00 bits per heavy atom. The number of aromatic nitrogens is 1. The molecule has 1 N–H and O–H groups in total. The Kier molecular flexibility index (Phi) is 37.2. The predicted octanol–water partition coefficient (Wildman–Crippen LogP) is 24.5. The van der Waals surface area contributed by atoms with Gasteiger partial charge in [-0.25, -0.2) is 4.79 Å². The smallest absolute Gasteiger partial charge is 0.328 e. The number of benzene rings is 8. The number of anilines is 2. The molecule has 0 saturated carbocycles. The highest BCUT2D eigenvalue weighted by Gasteiger charge is 2.36. The molecule has 10 rings (SSSR count). The van der Waals surface area contributed by atoms with Crippen LogP contribution in [0.2, 0.25) is 15.1 Å². The van der Waals surface area contributed by atoms with Crippen molar-refractivity contribution in [2.24, 2.45) is 33.5 Å². The Morgan fingerprint density at radius 1 is 0.508 bits per heavy atom. The van der Waals surface area contributed by atoms with Crippen LogP contribution in [0.25, 0.3) is 32.4 Å². The number of rotatable bonds is 31. The Labute approximate surface area is 738 Å². The lowest BCUT2D eigenvalue weighted by Gasteiger charge is -2.25. The average molecular weight is 1730 g/mol. The maximum Gasteiger partial charge on any atom is 0.328 e. The average Bonchev–Trinajstić information content (AvgIpc) is 1.60. The summed E-state index contributed by atoms with van der Waals surface area (Å²) in [6.45, 7) is 41.1. The van der Waals surface area contributed by atoms with Crippen molar-refractivity contribution in [1.82, 2.24) is 9.47 Å². The van der Waals surface area contributed by atoms with E-state index in [9.17, 15) is 43.2 Å². The van der Waals surface area contributed by atoms with Crippen LogP contribution in [0.5, 0.6) is 5.75 Å². The number of hydrogen-bond acceptors (Lipinski definition) is 15. The van der Waals surface area contributed by atoms with E-state index in [4.69, 9.17) is 58.5 Å². The number of methoxy groups -OCH3 is 1. The molecule has 1 aliphatic heterocycles. The number of halogens is 3. The highest BCUT2D eigenvalue weighted by Crippen LogP contribution is 2.37. The Bertz CT molecular complexity index is 5090. The molecule has 0 spiro atoms. The van der Waals surface area contributed by atoms with Gasteiger partial charge in [-0.1, -0.05) is 254 Å². The van der Waals surface area contributed by atoms with Crippen LogP contribution < -0.4 is 10.1 Å². The standard InChI is InChI=1S/C28H32ClNO5.C26H36O3.C25H30Cl2N2O3.C23H30O3/c1-18-23(16-21(31)10-13-26(32)35-15-14-28(2,3)4)24-17-22(34-5)11-12-25(24)30(18)27(33)19-6-8-20(29)9-7-19;1-17(2)23(25(28)29-13-12-26(5,6)7)16-24(27)19(4)20-10-11-21-14-18(3)8-9-22(21)15-20;1-25(2,3)13-15-32-24(31)21-12-7-14-29(21)22(30)16-17-8-4-5-11-20(17)28-23-18(26)9-6-10-19(23)27;1-16-6-7-20-15-18(8-9-19(20)14-16)17(2)21(24)10-11-22(25)26-13-12-23(3,4)5/h6-9,11-12,17H,10,13-16H2,1-5H3;8-11,14-15,17,19,23H,12-13,16H2,1-7H3;4-6,8-11,21,28H,7,12-16H2,1-3H3;6-9,14-15,17H,10-13H2,1-5H3/t;19-,23-;21-;17-/m.000/s1. The molecule has 1 aromatic heterocycles. The fourth-order valence-corrected chi connectivity index (χ4v) is 14.4. The molecule has 0 aliphatic carbocycles. The van der Waals surface area contributed by atoms with E-state index in [0.29, 0.717) is 82.7 Å². The maximum atomic E-state index is 13.4. The highest BCUT2D eigenvalue weighted by atomic mass is 35.5. The molecule has 122 heavy (non-hydrogen) atoms. The molecule has 1 aliphatic rings. The number of amides is 1. The topological polar surface area (TPSA) is 220 Å². The first-order chi connectivity index (χ1) is 57.3. The molecule has 4 atom stereocenters. The first-order valence-corrected chi connectivity index (χ1v) is 43.7. The molecule has 17 nitrogen and oxygen atoms in total. The zero-order chi connectivity index (χ0) is 90.1. The molecule has 1 amide bonds. The molecule has 1 saturated heterocycles. The van der Waals surface area contributed by atoms with Gasteiger partial charge in [-0.05, 0) is 191 Å². The molecule has 2 heterocycles. The Morgan fingerprint density at radius 3 is 1.52 bits per heavy atom. The van der Waals surface area contributed by atoms with E-state index in [2.05, 4.69) is 163 Å². The maximum absolute atomic E-state index is 13.4. The lowest BCUT2D eigenvalue weighted by Crippen LogP contribution is -2.42. The number of hydrogen-bond donors (Lipinski definition) is 1. The summed E-state index contributed by atoms with van der Waals surface area (Å²) in [5.74, 6) is -1.64. The minimum Gasteiger partial charge on any atom is -0.497 e. The second-order valence-electron chi connectivity index (χ2n) is 37.3. The molecule has 0 unspecified atom stereocenters. The van der Waals surface area contributed by atoms with E-state index in [1.165, 1.54) is 21.9 Å². The van der Waals surface area contributed by atoms with Gasteiger partial charge in [0.2, 0.25) is 5.91 Å². The first-order valence-electron chi connectivity index (χ1n) is 42.6. The summed E-state index contributed by atoms with van der Waals surface area (Å²) in [5.41, 5.74) is 9.60. The molecular weight excluding hydrogens is 1600 g/mol. The number of fused-ring (bicyclic) bond motifs is 3. The first kappa shape index (κ1) is 99.4. The zero-order valence-electron chi connectivity index (χ0n) is 75.4. The number of Topliss-reactive ketones (excluding diaryl/α,β-unsaturated/α-hetero) is 3. The molecule has 8 aromatic carbocycles. The molecular formula is C102H128Cl3N3O14. The fraction of sp³-hybridized carbons (Fsp3) is 0.461. The van der Waals surface area contributed by atoms with Gasteiger partial charge >= 0.3 is 23.9 Å². The number of esters is 4. The van der Waals surface area contributed by atoms with Crippen molar-refractivity contribution < 1.29 is 66.8 Å². The third kappa shape index (κ3) is 31.6. The van der Waals surface area contributed by atoms with Gasteiger partial charge < -0.3 is 33.9 Å². The third-order valence-corrected chi connectivity index (χ3v) is 22.7. The summed E-state index contributed by atoms with van der Waals surface area (Å²) < 4.78 is 28.5. The summed E-state index contributed by atoms with van der Waals surface area (Å²) in [7, 11) is 1.57. The largest absolute Gasteiger partial charge is 0.497 e. The van der Waals surface area contributed by atoms with Crippen molar-refractivity contribution in [1.29, 1.82) is 0 Å². The minimum atomic E-state index is -0.513. The molecule has 9 aromatic rings. The number of para-hydroxylation sites is 2. The molecule has 0 bridgehead atoms. The van der Waals surface area contributed by atoms with E-state index in [-0.39, 0.29) is 137 Å². The summed E-state index contributed by atoms with van der Waals surface area (Å²) in [6, 6.07) is 49.4. The monoisotopic (exact) mass is 1720 g/mol. The predicted molar refractivity (Wildman–Crippen MR) is 493 cm³/mol. The number of aryl methyl sites for hydroxylation is 2. The number of nitrogens with one attached hydrogen (secondary N) is 1. The van der Waals surface area contributed by atoms with Gasteiger partial charge in [0.15, 0.2) is 0 Å². The van der Waals surface area contributed by atoms with Gasteiger partial charge in [0.1, 0.15) is 29.1 Å². The lowest BCUT2D eigenvalue weighted by molar-refractivity contribution is -0.153. The third-order valence-electron chi connectivity index (χ3n) is 21.8. The number of ketones is 3. The molecule has 1 fully saturated rings. The quantitative estimate of drug-likeness (QED) is 0.0315. The van der Waals surface area contributed by atoms with Crippen molar-refractivity contribution >= 4 is 132 Å². The number of carbonyl (C=O) groups excluding carboxylic acids is 9. The lowest BCUT2D eigenvalue weighted by atomic mass is 9.85. The van der Waals surface area contributed by atoms with E-state index in [1.807, 2.05) is 83.1 Å². The molecule has 656 valence electrons. The van der Waals surface area contributed by atoms with Gasteiger partial charge in [-0.2, -0.15) is 0 Å². The van der Waals surface area contributed by atoms with Crippen LogP contribution in [-0.2, 0) is 70.1 Å². The van der Waals surface area contributed by atoms with E-state index in [1.54, 1.807) is 65.1 Å². The van der Waals surface area contributed by atoms with Crippen molar-refractivity contribution in [2.45, 2.75) is 233 Å². The van der Waals surface area contributed by atoms with Gasteiger partial charge in [0.05, 0.1) is 80.0 Å². The fourth-order valence-electron chi connectivity index (χ4n) is 13.8. The van der Waals surface area contributed by atoms with Gasteiger partial charge in [0, 0.05) is 71.4 Å². The second-order valence-corrected chi connectivity index (χ2v) is 38.5. The van der Waals surface area contributed by atoms with Gasteiger partial charge in [0.25, 0.3) is 5.91 Å². The summed E-state index contributed by atoms with van der Waals surface area (Å²) in [4.78, 5) is 116. The van der Waals surface area contributed by atoms with Crippen LogP contribution in [0.3, 0.4) is 0 Å². The number of ether oxygens (including phenoxy) is 5. The Hall–Kier alpha value is -9.68. The van der Waals surface area contributed by atoms with E-state index >= 15 is 0 Å². The molecule has 0 radical (unpaired) electrons. The van der Waals surface area contributed by atoms with Crippen LogP contribution in [0.1, 0.15) is 243 Å². The van der Waals surface area contributed by atoms with Crippen molar-refractivity contribution in [3.63, 3.8) is 0 Å². The van der Waals surface area contributed by atoms with Crippen LogP contribution in [0.15, 0.2) is 158 Å². The van der Waals surface area contributed by atoms with Crippen molar-refractivity contribution in [3.8, 4) is 5.75 Å². The minimum absolute atomic E-state index is 0.0354. The summed E-state index contributed by atoms with van der Waals surface area (Å²) in [5, 5.41) is 10.2. The van der Waals surface area contributed by atoms with E-state index < -0.39 is 12.0 Å². The second kappa shape index (κ2) is 45.6. The number of nitrogens with zero attached hydrogens (tertiary/aromatic N) is 2. The van der Waals surface area contributed by atoms with Gasteiger partial charge in [-0.3, -0.25) is 42.9 Å². The van der Waals surface area contributed by atoms with Crippen LogP contribution in [0.4, 0.5) is 11.4 Å². The van der Waals surface area contributed by atoms with Crippen LogP contribution in [0, 0.1) is 54.3 Å². The van der Waals surface area contributed by atoms with Crippen LogP contribution in [-0.4, -0.2) is 109 Å². The van der Waals surface area contributed by atoms with Crippen LogP contribution >= 0.6 is 34.8 Å². The SMILES string of the molecule is CC(C)(C)CCOC(=O)[C@@H]1CCCN1C(=O)Cc1ccccc1Nc1c(Cl)cccc1Cl.COc1ccc2c(c1)c(CC(=O)CCC(=O)OCCC(C)(C)C)c(C)n2C(=O)c1ccc(Cl)cc1.Cc1ccc2cc([C@H](C)C(=O)CCC(=O)OCCC(C)(C)C)ccc2c1.Cc1ccc2cc([C@H](C)C(=O)C[C@H](C(=O)OCCC(C)(C)C)C(C)C)ccc2c1. The Balaban J connectivity index is 0.000000225. The van der Waals surface area contributed by atoms with E-state index in [0.717, 1.165) is 76.2 Å². The summed E-state index contributed by atoms with van der Waals surface area (Å²) in [6.07, 6.45) is 5.57. The zero-order valence-corrected chi connectivity index (χ0v) is 77.6. The van der Waals surface area contributed by atoms with Gasteiger partial charge in [-0.15, -0.1) is 0 Å². The molecule has 20 heteroatoms. The highest BCUT2D eigenvalue weighted by molar-refractivity contribution is 6.39. The van der Waals surface area contributed by atoms with Crippen molar-refractivity contribution in [3.05, 3.63) is 217 Å². The normalized spacial score (nSPS) is 13.6. The number of likely N-dealkylation sites (tertiary alicyclic amines) is 1. The number of carbonyl (C=O) groups is 9.